The van der Waals surface area contributed by atoms with Crippen LogP contribution in [0.3, 0.4) is 0 Å². The van der Waals surface area contributed by atoms with Crippen molar-refractivity contribution in [2.24, 2.45) is 0 Å². The van der Waals surface area contributed by atoms with Gasteiger partial charge in [0.25, 0.3) is 0 Å². The average Bonchev–Trinajstić information content (AvgIpc) is 2.35. The van der Waals surface area contributed by atoms with E-state index in [0.29, 0.717) is 15.6 Å². The van der Waals surface area contributed by atoms with Gasteiger partial charge in [0.05, 0.1) is 20.7 Å². The van der Waals surface area contributed by atoms with E-state index in [9.17, 15) is 9.00 Å². The summed E-state index contributed by atoms with van der Waals surface area (Å²) in [7, 11) is -1.45. The maximum atomic E-state index is 12.1. The topological polar surface area (TPSA) is 72.2 Å². The lowest BCUT2D eigenvalue weighted by Crippen LogP contribution is -2.36. The van der Waals surface area contributed by atoms with Gasteiger partial charge in [-0.05, 0) is 31.0 Å². The number of benzene rings is 1. The molecule has 0 fully saturated rings. The van der Waals surface area contributed by atoms with E-state index < -0.39 is 10.8 Å². The highest BCUT2D eigenvalue weighted by Crippen LogP contribution is 2.22. The molecule has 6 heteroatoms. The Morgan fingerprint density at radius 1 is 1.42 bits per heavy atom. The minimum absolute atomic E-state index is 0.0832. The van der Waals surface area contributed by atoms with E-state index in [2.05, 4.69) is 5.32 Å². The smallest absolute Gasteiger partial charge is 0.233 e. The van der Waals surface area contributed by atoms with Gasteiger partial charge in [0.1, 0.15) is 5.75 Å². The zero-order chi connectivity index (χ0) is 14.4. The maximum Gasteiger partial charge on any atom is 0.233 e. The SMILES string of the molecule is CCC(CC)NC(=O)CS(=O)c1ccc(N)cc1Cl. The van der Waals surface area contributed by atoms with Crippen LogP contribution < -0.4 is 11.1 Å². The summed E-state index contributed by atoms with van der Waals surface area (Å²) in [5.41, 5.74) is 6.07. The van der Waals surface area contributed by atoms with Crippen LogP contribution >= 0.6 is 11.6 Å². The van der Waals surface area contributed by atoms with Gasteiger partial charge in [-0.1, -0.05) is 25.4 Å². The van der Waals surface area contributed by atoms with Crippen molar-refractivity contribution in [3.05, 3.63) is 23.2 Å². The summed E-state index contributed by atoms with van der Waals surface area (Å²) in [4.78, 5) is 12.2. The molecule has 19 heavy (non-hydrogen) atoms. The second kappa shape index (κ2) is 7.50. The van der Waals surface area contributed by atoms with Crippen molar-refractivity contribution < 1.29 is 9.00 Å². The molecule has 0 aliphatic carbocycles. The van der Waals surface area contributed by atoms with E-state index in [1.807, 2.05) is 13.8 Å². The zero-order valence-electron chi connectivity index (χ0n) is 11.1. The number of nitrogen functional groups attached to an aromatic ring is 1. The molecule has 0 spiro atoms. The highest BCUT2D eigenvalue weighted by molar-refractivity contribution is 7.85. The average molecular weight is 303 g/mol. The molecule has 0 aliphatic heterocycles. The molecule has 106 valence electrons. The van der Waals surface area contributed by atoms with Crippen molar-refractivity contribution in [1.82, 2.24) is 5.32 Å². The molecule has 0 saturated carbocycles. The Hall–Kier alpha value is -1.07. The van der Waals surface area contributed by atoms with Gasteiger partial charge in [0.2, 0.25) is 5.91 Å². The van der Waals surface area contributed by atoms with Crippen LogP contribution in [-0.2, 0) is 15.6 Å². The summed E-state index contributed by atoms with van der Waals surface area (Å²) in [5, 5.41) is 3.18. The fraction of sp³-hybridized carbons (Fsp3) is 0.462. The molecule has 1 amide bonds. The number of halogens is 1. The molecule has 4 nitrogen and oxygen atoms in total. The number of hydrogen-bond acceptors (Lipinski definition) is 3. The third-order valence-electron chi connectivity index (χ3n) is 2.81. The monoisotopic (exact) mass is 302 g/mol. The number of hydrogen-bond donors (Lipinski definition) is 2. The predicted octanol–water partition coefficient (Wildman–Crippen LogP) is 2.33. The standard InChI is InChI=1S/C13H19ClN2O2S/c1-3-10(4-2)16-13(17)8-19(18)12-6-5-9(15)7-11(12)14/h5-7,10H,3-4,8,15H2,1-2H3,(H,16,17). The normalized spacial score (nSPS) is 12.4. The van der Waals surface area contributed by atoms with Gasteiger partial charge in [-0.25, -0.2) is 0 Å². The molecule has 0 radical (unpaired) electrons. The summed E-state index contributed by atoms with van der Waals surface area (Å²) < 4.78 is 12.1. The van der Waals surface area contributed by atoms with Crippen LogP contribution in [0.1, 0.15) is 26.7 Å². The van der Waals surface area contributed by atoms with E-state index in [-0.39, 0.29) is 17.7 Å². The van der Waals surface area contributed by atoms with Crippen molar-refractivity contribution in [2.75, 3.05) is 11.5 Å². The molecule has 0 aliphatic rings. The summed E-state index contributed by atoms with van der Waals surface area (Å²) in [6.07, 6.45) is 1.72. The molecule has 1 aromatic carbocycles. The third kappa shape index (κ3) is 4.84. The molecule has 1 unspecified atom stereocenters. The first-order valence-corrected chi connectivity index (χ1v) is 7.90. The van der Waals surface area contributed by atoms with Crippen LogP contribution in [0, 0.1) is 0 Å². The molecule has 1 aromatic rings. The second-order valence-corrected chi connectivity index (χ2v) is 6.09. The number of carbonyl (C=O) groups is 1. The van der Waals surface area contributed by atoms with E-state index in [1.165, 1.54) is 6.07 Å². The van der Waals surface area contributed by atoms with Crippen LogP contribution in [-0.4, -0.2) is 21.9 Å². The minimum atomic E-state index is -1.45. The molecule has 0 heterocycles. The van der Waals surface area contributed by atoms with E-state index in [1.54, 1.807) is 12.1 Å². The van der Waals surface area contributed by atoms with E-state index in [0.717, 1.165) is 12.8 Å². The molecule has 1 rings (SSSR count). The first-order chi connectivity index (χ1) is 8.97. The quantitative estimate of drug-likeness (QED) is 0.792. The number of carbonyl (C=O) groups excluding carboxylic acids is 1. The zero-order valence-corrected chi connectivity index (χ0v) is 12.7. The highest BCUT2D eigenvalue weighted by atomic mass is 35.5. The van der Waals surface area contributed by atoms with Gasteiger partial charge < -0.3 is 11.1 Å². The highest BCUT2D eigenvalue weighted by Gasteiger charge is 2.15. The number of anilines is 1. The van der Waals surface area contributed by atoms with Crippen LogP contribution in [0.15, 0.2) is 23.1 Å². The van der Waals surface area contributed by atoms with Gasteiger partial charge in [0.15, 0.2) is 0 Å². The van der Waals surface area contributed by atoms with Crippen molar-refractivity contribution in [2.45, 2.75) is 37.6 Å². The first-order valence-electron chi connectivity index (χ1n) is 6.20. The Bertz CT molecular complexity index is 476. The van der Waals surface area contributed by atoms with Gasteiger partial charge in [-0.3, -0.25) is 9.00 Å². The van der Waals surface area contributed by atoms with Crippen molar-refractivity contribution in [3.8, 4) is 0 Å². The number of nitrogens with two attached hydrogens (primary N) is 1. The Labute approximate surface area is 121 Å². The van der Waals surface area contributed by atoms with Gasteiger partial charge in [-0.15, -0.1) is 0 Å². The van der Waals surface area contributed by atoms with Crippen LogP contribution in [0.4, 0.5) is 5.69 Å². The first kappa shape index (κ1) is 16.0. The summed E-state index contributed by atoms with van der Waals surface area (Å²) >= 11 is 5.96. The van der Waals surface area contributed by atoms with E-state index >= 15 is 0 Å². The van der Waals surface area contributed by atoms with Crippen molar-refractivity contribution in [1.29, 1.82) is 0 Å². The fourth-order valence-corrected chi connectivity index (χ4v) is 3.08. The number of rotatable bonds is 6. The molecule has 0 saturated heterocycles. The number of nitrogens with one attached hydrogen (secondary N) is 1. The molecular weight excluding hydrogens is 284 g/mol. The third-order valence-corrected chi connectivity index (χ3v) is 4.61. The van der Waals surface area contributed by atoms with Crippen molar-refractivity contribution >= 4 is 34.0 Å². The molecule has 0 aromatic heterocycles. The largest absolute Gasteiger partial charge is 0.399 e. The second-order valence-electron chi connectivity index (χ2n) is 4.26. The molecule has 1 atom stereocenters. The lowest BCUT2D eigenvalue weighted by molar-refractivity contribution is -0.119. The Kier molecular flexibility index (Phi) is 6.31. The Balaban J connectivity index is 2.66. The lowest BCUT2D eigenvalue weighted by Gasteiger charge is -2.14. The van der Waals surface area contributed by atoms with E-state index in [4.69, 9.17) is 17.3 Å². The molecule has 0 bridgehead atoms. The minimum Gasteiger partial charge on any atom is -0.399 e. The van der Waals surface area contributed by atoms with Crippen LogP contribution in [0.25, 0.3) is 0 Å². The molecular formula is C13H19ClN2O2S. The lowest BCUT2D eigenvalue weighted by atomic mass is 10.2. The predicted molar refractivity (Wildman–Crippen MR) is 79.7 cm³/mol. The Morgan fingerprint density at radius 2 is 2.05 bits per heavy atom. The Morgan fingerprint density at radius 3 is 2.58 bits per heavy atom. The van der Waals surface area contributed by atoms with Crippen molar-refractivity contribution in [3.63, 3.8) is 0 Å². The molecule has 3 N–H and O–H groups in total. The van der Waals surface area contributed by atoms with Gasteiger partial charge >= 0.3 is 0 Å². The maximum absolute atomic E-state index is 12.1. The van der Waals surface area contributed by atoms with Crippen LogP contribution in [0.5, 0.6) is 0 Å². The summed E-state index contributed by atoms with van der Waals surface area (Å²) in [6.45, 7) is 4.00. The summed E-state index contributed by atoms with van der Waals surface area (Å²) in [5.74, 6) is -0.305. The number of amides is 1. The fourth-order valence-electron chi connectivity index (χ4n) is 1.66. The van der Waals surface area contributed by atoms with Gasteiger partial charge in [0, 0.05) is 11.7 Å². The van der Waals surface area contributed by atoms with Gasteiger partial charge in [-0.2, -0.15) is 0 Å². The van der Waals surface area contributed by atoms with Crippen LogP contribution in [0.2, 0.25) is 5.02 Å². The summed E-state index contributed by atoms with van der Waals surface area (Å²) in [6, 6.07) is 4.88.